The lowest BCUT2D eigenvalue weighted by molar-refractivity contribution is -0.131. The fourth-order valence-electron chi connectivity index (χ4n) is 1.10. The van der Waals surface area contributed by atoms with Crippen molar-refractivity contribution in [2.75, 3.05) is 0 Å². The van der Waals surface area contributed by atoms with Crippen LogP contribution in [0.5, 0.6) is 0 Å². The number of aldehydes is 2. The van der Waals surface area contributed by atoms with Crippen LogP contribution in [0.2, 0.25) is 0 Å². The second-order valence-electron chi connectivity index (χ2n) is 4.02. The molecule has 1 unspecified atom stereocenters. The van der Waals surface area contributed by atoms with E-state index in [9.17, 15) is 14.4 Å². The average molecular weight is 213 g/mol. The molecule has 5 heteroatoms. The molecule has 0 aromatic heterocycles. The molecule has 0 spiro atoms. The third kappa shape index (κ3) is 5.07. The number of carbonyl (C=O) groups excluding carboxylic acids is 2. The second-order valence-corrected chi connectivity index (χ2v) is 4.02. The molecule has 3 N–H and O–H groups in total. The van der Waals surface area contributed by atoms with Crippen molar-refractivity contribution in [1.29, 1.82) is 0 Å². The van der Waals surface area contributed by atoms with E-state index in [-0.39, 0.29) is 12.0 Å². The molecule has 0 aliphatic carbocycles. The number of rotatable bonds is 6. The smallest absolute Gasteiger partial charge is 0.328 e. The van der Waals surface area contributed by atoms with Crippen LogP contribution >= 0.6 is 0 Å². The summed E-state index contributed by atoms with van der Waals surface area (Å²) < 4.78 is 0. The van der Waals surface area contributed by atoms with Gasteiger partial charge in [0.1, 0.15) is 12.6 Å². The van der Waals surface area contributed by atoms with E-state index in [1.54, 1.807) is 13.8 Å². The van der Waals surface area contributed by atoms with E-state index in [0.29, 0.717) is 6.29 Å². The van der Waals surface area contributed by atoms with Crippen LogP contribution in [0.15, 0.2) is 11.6 Å². The van der Waals surface area contributed by atoms with Gasteiger partial charge in [-0.25, -0.2) is 4.79 Å². The van der Waals surface area contributed by atoms with Gasteiger partial charge in [0.15, 0.2) is 0 Å². The first kappa shape index (κ1) is 13.5. The molecule has 0 radical (unpaired) electrons. The summed E-state index contributed by atoms with van der Waals surface area (Å²) in [5.74, 6) is -1.23. The minimum Gasteiger partial charge on any atom is -0.478 e. The molecular formula is C10H15NO4. The first-order valence-corrected chi connectivity index (χ1v) is 4.44. The average Bonchev–Trinajstić information content (AvgIpc) is 2.13. The van der Waals surface area contributed by atoms with E-state index in [4.69, 9.17) is 10.8 Å². The molecule has 1 atom stereocenters. The highest BCUT2D eigenvalue weighted by atomic mass is 16.4. The standard InChI is InChI=1S/C10H15NO4/c1-10(2,6-13)4-8(11)7(5-12)3-9(14)15/h3,5-6,8H,4,11H2,1-2H3,(H,14,15)/b7-3+. The van der Waals surface area contributed by atoms with Crippen molar-refractivity contribution in [3.05, 3.63) is 11.6 Å². The Morgan fingerprint density at radius 1 is 1.47 bits per heavy atom. The molecule has 0 bridgehead atoms. The molecule has 0 aromatic carbocycles. The van der Waals surface area contributed by atoms with Crippen LogP contribution in [0.3, 0.4) is 0 Å². The van der Waals surface area contributed by atoms with E-state index in [2.05, 4.69) is 0 Å². The lowest BCUT2D eigenvalue weighted by Gasteiger charge is -2.21. The molecular weight excluding hydrogens is 198 g/mol. The van der Waals surface area contributed by atoms with E-state index in [0.717, 1.165) is 12.4 Å². The summed E-state index contributed by atoms with van der Waals surface area (Å²) >= 11 is 0. The number of carboxylic acids is 1. The van der Waals surface area contributed by atoms with Crippen molar-refractivity contribution in [3.63, 3.8) is 0 Å². The zero-order valence-electron chi connectivity index (χ0n) is 8.77. The van der Waals surface area contributed by atoms with Crippen molar-refractivity contribution in [1.82, 2.24) is 0 Å². The van der Waals surface area contributed by atoms with Crippen LogP contribution in [0.4, 0.5) is 0 Å². The maximum absolute atomic E-state index is 10.6. The summed E-state index contributed by atoms with van der Waals surface area (Å²) in [6, 6.07) is -0.737. The fourth-order valence-corrected chi connectivity index (χ4v) is 1.10. The molecule has 0 heterocycles. The Balaban J connectivity index is 4.68. The Kier molecular flexibility index (Phi) is 4.87. The van der Waals surface area contributed by atoms with Gasteiger partial charge in [0.05, 0.1) is 0 Å². The Morgan fingerprint density at radius 2 is 2.00 bits per heavy atom. The van der Waals surface area contributed by atoms with Crippen LogP contribution in [0.1, 0.15) is 20.3 Å². The number of aliphatic carboxylic acids is 1. The summed E-state index contributed by atoms with van der Waals surface area (Å²) in [6.07, 6.45) is 2.13. The zero-order chi connectivity index (χ0) is 12.1. The third-order valence-electron chi connectivity index (χ3n) is 1.92. The Hall–Kier alpha value is -1.49. The lowest BCUT2D eigenvalue weighted by Crippen LogP contribution is -2.31. The van der Waals surface area contributed by atoms with Gasteiger partial charge in [0.25, 0.3) is 0 Å². The predicted molar refractivity (Wildman–Crippen MR) is 54.2 cm³/mol. The maximum Gasteiger partial charge on any atom is 0.328 e. The molecule has 0 aromatic rings. The second kappa shape index (κ2) is 5.41. The Morgan fingerprint density at radius 3 is 2.33 bits per heavy atom. The quantitative estimate of drug-likeness (QED) is 0.483. The molecule has 0 rings (SSSR count). The van der Waals surface area contributed by atoms with Gasteiger partial charge >= 0.3 is 5.97 Å². The molecule has 5 nitrogen and oxygen atoms in total. The molecule has 0 aliphatic heterocycles. The summed E-state index contributed by atoms with van der Waals surface area (Å²) in [5, 5.41) is 8.46. The van der Waals surface area contributed by atoms with Gasteiger partial charge < -0.3 is 15.6 Å². The normalized spacial score (nSPS) is 14.5. The monoisotopic (exact) mass is 213 g/mol. The summed E-state index contributed by atoms with van der Waals surface area (Å²) in [6.45, 7) is 3.34. The van der Waals surface area contributed by atoms with Gasteiger partial charge in [-0.15, -0.1) is 0 Å². The zero-order valence-corrected chi connectivity index (χ0v) is 8.77. The largest absolute Gasteiger partial charge is 0.478 e. The SMILES string of the molecule is CC(C)(C=O)CC(N)/C(C=O)=C/C(=O)O. The van der Waals surface area contributed by atoms with Crippen molar-refractivity contribution < 1.29 is 19.5 Å². The molecule has 0 saturated carbocycles. The molecule has 0 aliphatic rings. The lowest BCUT2D eigenvalue weighted by atomic mass is 9.85. The summed E-state index contributed by atoms with van der Waals surface area (Å²) in [7, 11) is 0. The topological polar surface area (TPSA) is 97.5 Å². The molecule has 0 amide bonds. The van der Waals surface area contributed by atoms with Gasteiger partial charge in [-0.3, -0.25) is 4.79 Å². The van der Waals surface area contributed by atoms with Crippen molar-refractivity contribution >= 4 is 18.5 Å². The summed E-state index contributed by atoms with van der Waals surface area (Å²) in [5.41, 5.74) is 4.93. The van der Waals surface area contributed by atoms with Crippen LogP contribution < -0.4 is 5.73 Å². The van der Waals surface area contributed by atoms with E-state index in [1.165, 1.54) is 0 Å². The maximum atomic E-state index is 10.6. The van der Waals surface area contributed by atoms with Gasteiger partial charge in [-0.05, 0) is 6.42 Å². The summed E-state index contributed by atoms with van der Waals surface area (Å²) in [4.78, 5) is 31.5. The third-order valence-corrected chi connectivity index (χ3v) is 1.92. The fraction of sp³-hybridized carbons (Fsp3) is 0.500. The minimum absolute atomic E-state index is 0.0163. The van der Waals surface area contributed by atoms with Gasteiger partial charge in [-0.2, -0.15) is 0 Å². The van der Waals surface area contributed by atoms with Crippen molar-refractivity contribution in [2.45, 2.75) is 26.3 Å². The van der Waals surface area contributed by atoms with Crippen molar-refractivity contribution in [2.24, 2.45) is 11.1 Å². The predicted octanol–water partition coefficient (Wildman–Crippen LogP) is 0.139. The van der Waals surface area contributed by atoms with Gasteiger partial charge in [-0.1, -0.05) is 13.8 Å². The van der Waals surface area contributed by atoms with Crippen molar-refractivity contribution in [3.8, 4) is 0 Å². The number of hydrogen-bond donors (Lipinski definition) is 2. The molecule has 0 saturated heterocycles. The number of nitrogens with two attached hydrogens (primary N) is 1. The van der Waals surface area contributed by atoms with Crippen LogP contribution in [-0.2, 0) is 14.4 Å². The highest BCUT2D eigenvalue weighted by Crippen LogP contribution is 2.20. The van der Waals surface area contributed by atoms with E-state index < -0.39 is 17.4 Å². The Labute approximate surface area is 88.0 Å². The van der Waals surface area contributed by atoms with Crippen LogP contribution in [0.25, 0.3) is 0 Å². The molecule has 0 fully saturated rings. The minimum atomic E-state index is -1.23. The van der Waals surface area contributed by atoms with Gasteiger partial charge in [0.2, 0.25) is 0 Å². The van der Waals surface area contributed by atoms with Crippen LogP contribution in [0, 0.1) is 5.41 Å². The van der Waals surface area contributed by atoms with E-state index >= 15 is 0 Å². The van der Waals surface area contributed by atoms with Crippen LogP contribution in [-0.4, -0.2) is 29.7 Å². The highest BCUT2D eigenvalue weighted by Gasteiger charge is 2.22. The number of carboxylic acid groups (broad SMARTS) is 1. The number of carbonyl (C=O) groups is 3. The van der Waals surface area contributed by atoms with Gasteiger partial charge in [0, 0.05) is 23.1 Å². The highest BCUT2D eigenvalue weighted by molar-refractivity contribution is 5.89. The first-order chi connectivity index (χ1) is 6.82. The first-order valence-electron chi connectivity index (χ1n) is 4.44. The number of hydrogen-bond acceptors (Lipinski definition) is 4. The molecule has 15 heavy (non-hydrogen) atoms. The Bertz CT molecular complexity index is 294. The molecule has 84 valence electrons. The van der Waals surface area contributed by atoms with E-state index in [1.807, 2.05) is 0 Å².